The first-order chi connectivity index (χ1) is 11.0. The van der Waals surface area contributed by atoms with E-state index in [4.69, 9.17) is 0 Å². The average molecular weight is 315 g/mol. The lowest BCUT2D eigenvalue weighted by Crippen LogP contribution is -2.45. The number of hydrogen-bond acceptors (Lipinski definition) is 3. The second kappa shape index (κ2) is 6.60. The highest BCUT2D eigenvalue weighted by Gasteiger charge is 2.28. The van der Waals surface area contributed by atoms with E-state index < -0.39 is 0 Å². The molecule has 0 radical (unpaired) electrons. The van der Waals surface area contributed by atoms with Crippen LogP contribution in [0, 0.1) is 11.8 Å². The van der Waals surface area contributed by atoms with Crippen LogP contribution < -0.4 is 10.2 Å². The second-order valence-electron chi connectivity index (χ2n) is 6.85. The molecule has 124 valence electrons. The van der Waals surface area contributed by atoms with Gasteiger partial charge in [0.15, 0.2) is 0 Å². The van der Waals surface area contributed by atoms with Crippen molar-refractivity contribution in [3.63, 3.8) is 0 Å². The highest BCUT2D eigenvalue weighted by molar-refractivity contribution is 5.98. The lowest BCUT2D eigenvalue weighted by Gasteiger charge is -2.33. The summed E-state index contributed by atoms with van der Waals surface area (Å²) in [4.78, 5) is 28.8. The molecule has 2 aliphatic heterocycles. The third-order valence-corrected chi connectivity index (χ3v) is 4.91. The van der Waals surface area contributed by atoms with Gasteiger partial charge in [0.1, 0.15) is 0 Å². The molecular weight excluding hydrogens is 290 g/mol. The van der Waals surface area contributed by atoms with E-state index in [0.717, 1.165) is 37.3 Å². The number of fused-ring (bicyclic) bond motifs is 1. The zero-order valence-corrected chi connectivity index (χ0v) is 13.9. The lowest BCUT2D eigenvalue weighted by atomic mass is 9.99. The van der Waals surface area contributed by atoms with Gasteiger partial charge in [0, 0.05) is 19.6 Å². The quantitative estimate of drug-likeness (QED) is 0.911. The van der Waals surface area contributed by atoms with Gasteiger partial charge >= 0.3 is 0 Å². The standard InChI is InChI=1S/C18H25N3O2/c1-13-7-9-20(10-8-13)17(22)12-21-11-14(2)18(23)19-15-5-3-4-6-16(15)21/h3-6,13-14H,7-12H2,1-2H3,(H,19,23)/t14-/m0/s1. The molecule has 1 aromatic carbocycles. The predicted molar refractivity (Wildman–Crippen MR) is 91.4 cm³/mol. The van der Waals surface area contributed by atoms with Crippen molar-refractivity contribution in [3.8, 4) is 0 Å². The number of carbonyl (C=O) groups excluding carboxylic acids is 2. The van der Waals surface area contributed by atoms with Gasteiger partial charge in [-0.15, -0.1) is 0 Å². The van der Waals surface area contributed by atoms with Crippen LogP contribution in [0.3, 0.4) is 0 Å². The van der Waals surface area contributed by atoms with Crippen LogP contribution in [0.15, 0.2) is 24.3 Å². The van der Waals surface area contributed by atoms with Gasteiger partial charge in [-0.05, 0) is 30.9 Å². The number of likely N-dealkylation sites (tertiary alicyclic amines) is 1. The molecule has 23 heavy (non-hydrogen) atoms. The van der Waals surface area contributed by atoms with Crippen molar-refractivity contribution in [2.24, 2.45) is 11.8 Å². The summed E-state index contributed by atoms with van der Waals surface area (Å²) >= 11 is 0. The number of nitrogens with zero attached hydrogens (tertiary/aromatic N) is 2. The Morgan fingerprint density at radius 3 is 2.65 bits per heavy atom. The molecule has 1 N–H and O–H groups in total. The van der Waals surface area contributed by atoms with E-state index in [-0.39, 0.29) is 17.7 Å². The largest absolute Gasteiger partial charge is 0.360 e. The van der Waals surface area contributed by atoms with Crippen LogP contribution in [0.2, 0.25) is 0 Å². The highest BCUT2D eigenvalue weighted by Crippen LogP contribution is 2.30. The number of benzene rings is 1. The number of amides is 2. The van der Waals surface area contributed by atoms with Crippen LogP contribution >= 0.6 is 0 Å². The Morgan fingerprint density at radius 2 is 1.91 bits per heavy atom. The Kier molecular flexibility index (Phi) is 4.55. The molecule has 3 rings (SSSR count). The first-order valence-electron chi connectivity index (χ1n) is 8.47. The summed E-state index contributed by atoms with van der Waals surface area (Å²) < 4.78 is 0. The molecular formula is C18H25N3O2. The summed E-state index contributed by atoms with van der Waals surface area (Å²) in [6, 6.07) is 7.71. The number of rotatable bonds is 2. The van der Waals surface area contributed by atoms with E-state index in [1.54, 1.807) is 0 Å². The summed E-state index contributed by atoms with van der Waals surface area (Å²) in [5, 5.41) is 2.96. The SMILES string of the molecule is CC1CCN(C(=O)CN2C[C@H](C)C(=O)Nc3ccccc32)CC1. The molecule has 0 bridgehead atoms. The molecule has 1 aromatic rings. The maximum Gasteiger partial charge on any atom is 0.242 e. The monoisotopic (exact) mass is 315 g/mol. The fraction of sp³-hybridized carbons (Fsp3) is 0.556. The smallest absolute Gasteiger partial charge is 0.242 e. The van der Waals surface area contributed by atoms with Gasteiger partial charge in [-0.3, -0.25) is 9.59 Å². The molecule has 2 aliphatic rings. The minimum Gasteiger partial charge on any atom is -0.360 e. The molecule has 0 spiro atoms. The van der Waals surface area contributed by atoms with Crippen molar-refractivity contribution in [2.45, 2.75) is 26.7 Å². The van der Waals surface area contributed by atoms with E-state index >= 15 is 0 Å². The van der Waals surface area contributed by atoms with Crippen LogP contribution in [0.4, 0.5) is 11.4 Å². The first-order valence-corrected chi connectivity index (χ1v) is 8.47. The average Bonchev–Trinajstić information content (AvgIpc) is 2.65. The number of piperidine rings is 1. The zero-order chi connectivity index (χ0) is 16.4. The third kappa shape index (κ3) is 3.49. The van der Waals surface area contributed by atoms with Crippen molar-refractivity contribution in [2.75, 3.05) is 36.4 Å². The Labute approximate surface area is 137 Å². The number of anilines is 2. The normalized spacial score (nSPS) is 22.3. The van der Waals surface area contributed by atoms with Gasteiger partial charge in [0.25, 0.3) is 0 Å². The number of para-hydroxylation sites is 2. The van der Waals surface area contributed by atoms with Gasteiger partial charge < -0.3 is 15.1 Å². The highest BCUT2D eigenvalue weighted by atomic mass is 16.2. The Bertz CT molecular complexity index is 594. The molecule has 2 heterocycles. The lowest BCUT2D eigenvalue weighted by molar-refractivity contribution is -0.131. The minimum absolute atomic E-state index is 0.0131. The van der Waals surface area contributed by atoms with Crippen LogP contribution in [-0.2, 0) is 9.59 Å². The van der Waals surface area contributed by atoms with Crippen LogP contribution in [-0.4, -0.2) is 42.9 Å². The molecule has 0 aliphatic carbocycles. The van der Waals surface area contributed by atoms with Crippen molar-refractivity contribution in [1.82, 2.24) is 4.90 Å². The van der Waals surface area contributed by atoms with E-state index in [2.05, 4.69) is 12.2 Å². The molecule has 0 unspecified atom stereocenters. The van der Waals surface area contributed by atoms with E-state index in [9.17, 15) is 9.59 Å². The van der Waals surface area contributed by atoms with Crippen LogP contribution in [0.25, 0.3) is 0 Å². The van der Waals surface area contributed by atoms with Gasteiger partial charge in [0.05, 0.1) is 23.8 Å². The maximum absolute atomic E-state index is 12.7. The van der Waals surface area contributed by atoms with E-state index in [0.29, 0.717) is 19.0 Å². The van der Waals surface area contributed by atoms with Crippen molar-refractivity contribution in [1.29, 1.82) is 0 Å². The minimum atomic E-state index is -0.142. The number of carbonyl (C=O) groups is 2. The third-order valence-electron chi connectivity index (χ3n) is 4.91. The van der Waals surface area contributed by atoms with Gasteiger partial charge in [-0.2, -0.15) is 0 Å². The second-order valence-corrected chi connectivity index (χ2v) is 6.85. The Hall–Kier alpha value is -2.04. The first kappa shape index (κ1) is 15.8. The fourth-order valence-electron chi connectivity index (χ4n) is 3.29. The molecule has 1 fully saturated rings. The Balaban J connectivity index is 1.75. The molecule has 1 saturated heterocycles. The van der Waals surface area contributed by atoms with E-state index in [1.807, 2.05) is 41.0 Å². The van der Waals surface area contributed by atoms with Crippen LogP contribution in [0.1, 0.15) is 26.7 Å². The molecule has 0 saturated carbocycles. The summed E-state index contributed by atoms with van der Waals surface area (Å²) in [7, 11) is 0. The van der Waals surface area contributed by atoms with Gasteiger partial charge in [0.2, 0.25) is 11.8 Å². The topological polar surface area (TPSA) is 52.7 Å². The summed E-state index contributed by atoms with van der Waals surface area (Å²) in [5.41, 5.74) is 1.73. The fourth-order valence-corrected chi connectivity index (χ4v) is 3.29. The summed E-state index contributed by atoms with van der Waals surface area (Å²) in [6.45, 7) is 6.75. The summed E-state index contributed by atoms with van der Waals surface area (Å²) in [5.74, 6) is 0.740. The Morgan fingerprint density at radius 1 is 1.22 bits per heavy atom. The summed E-state index contributed by atoms with van der Waals surface area (Å²) in [6.07, 6.45) is 2.16. The van der Waals surface area contributed by atoms with Crippen molar-refractivity contribution >= 4 is 23.2 Å². The molecule has 5 nitrogen and oxygen atoms in total. The molecule has 1 atom stereocenters. The van der Waals surface area contributed by atoms with Crippen molar-refractivity contribution < 1.29 is 9.59 Å². The van der Waals surface area contributed by atoms with Gasteiger partial charge in [-0.1, -0.05) is 26.0 Å². The maximum atomic E-state index is 12.7. The molecule has 0 aromatic heterocycles. The van der Waals surface area contributed by atoms with Gasteiger partial charge in [-0.25, -0.2) is 0 Å². The van der Waals surface area contributed by atoms with Crippen LogP contribution in [0.5, 0.6) is 0 Å². The molecule has 5 heteroatoms. The predicted octanol–water partition coefficient (Wildman–Crippen LogP) is 2.34. The molecule has 2 amide bonds. The number of hydrogen-bond donors (Lipinski definition) is 1. The van der Waals surface area contributed by atoms with E-state index in [1.165, 1.54) is 0 Å². The zero-order valence-electron chi connectivity index (χ0n) is 13.9. The number of nitrogens with one attached hydrogen (secondary N) is 1. The van der Waals surface area contributed by atoms with Crippen molar-refractivity contribution in [3.05, 3.63) is 24.3 Å².